The lowest BCUT2D eigenvalue weighted by Gasteiger charge is -2.20. The third kappa shape index (κ3) is 5.41. The molecule has 9 heteroatoms. The Hall–Kier alpha value is -3.56. The molecule has 0 aliphatic carbocycles. The van der Waals surface area contributed by atoms with Gasteiger partial charge in [-0.3, -0.25) is 14.7 Å². The molecule has 3 heterocycles. The van der Waals surface area contributed by atoms with Gasteiger partial charge >= 0.3 is 6.09 Å². The Morgan fingerprint density at radius 1 is 1.17 bits per heavy atom. The number of pyridine rings is 1. The van der Waals surface area contributed by atoms with Gasteiger partial charge in [0.05, 0.1) is 31.3 Å². The minimum absolute atomic E-state index is 0.0294. The Kier molecular flexibility index (Phi) is 6.87. The van der Waals surface area contributed by atoms with E-state index in [2.05, 4.69) is 33.8 Å². The summed E-state index contributed by atoms with van der Waals surface area (Å²) < 4.78 is 10.9. The summed E-state index contributed by atoms with van der Waals surface area (Å²) in [7, 11) is 1.63. The molecule has 0 radical (unpaired) electrons. The van der Waals surface area contributed by atoms with Crippen LogP contribution in [0.25, 0.3) is 11.1 Å². The summed E-state index contributed by atoms with van der Waals surface area (Å²) in [6, 6.07) is 15.9. The highest BCUT2D eigenvalue weighted by atomic mass is 32.2. The third-order valence-corrected chi connectivity index (χ3v) is 7.04. The molecular formula is C26H26N4O4S. The molecule has 1 fully saturated rings. The molecule has 8 nitrogen and oxygen atoms in total. The van der Waals surface area contributed by atoms with E-state index in [0.717, 1.165) is 38.7 Å². The SMILES string of the molecule is COc1cncc(-c2cccc(CNCC[C@@H]3CN(c4ccc5c(c4)NC(=O)CS5)C(=O)O3)c2)c1. The second-order valence-electron chi connectivity index (χ2n) is 8.41. The molecule has 2 aliphatic rings. The molecule has 0 unspecified atom stereocenters. The van der Waals surface area contributed by atoms with Crippen molar-refractivity contribution < 1.29 is 19.1 Å². The Morgan fingerprint density at radius 2 is 2.09 bits per heavy atom. The van der Waals surface area contributed by atoms with Crippen LogP contribution in [-0.2, 0) is 16.1 Å². The van der Waals surface area contributed by atoms with Gasteiger partial charge in [-0.15, -0.1) is 11.8 Å². The van der Waals surface area contributed by atoms with Crippen molar-refractivity contribution >= 4 is 35.1 Å². The largest absolute Gasteiger partial charge is 0.495 e. The zero-order chi connectivity index (χ0) is 24.2. The van der Waals surface area contributed by atoms with Gasteiger partial charge in [0.25, 0.3) is 0 Å². The fraction of sp³-hybridized carbons (Fsp3) is 0.269. The summed E-state index contributed by atoms with van der Waals surface area (Å²) >= 11 is 1.50. The molecule has 35 heavy (non-hydrogen) atoms. The first-order chi connectivity index (χ1) is 17.1. The van der Waals surface area contributed by atoms with Crippen LogP contribution in [0.2, 0.25) is 0 Å². The zero-order valence-electron chi connectivity index (χ0n) is 19.3. The standard InChI is InChI=1S/C26H26N4O4S/c1-33-22-10-19(13-28-14-22)18-4-2-3-17(9-18)12-27-8-7-21-15-30(26(32)34-21)20-5-6-24-23(11-20)29-25(31)16-35-24/h2-6,9-11,13-14,21,27H,7-8,12,15-16H2,1H3,(H,29,31)/t21-/m1/s1. The molecule has 2 aliphatic heterocycles. The number of nitrogens with one attached hydrogen (secondary N) is 2. The van der Waals surface area contributed by atoms with Crippen molar-refractivity contribution in [2.75, 3.05) is 36.2 Å². The van der Waals surface area contributed by atoms with Crippen LogP contribution in [0.3, 0.4) is 0 Å². The summed E-state index contributed by atoms with van der Waals surface area (Å²) in [4.78, 5) is 31.0. The number of aromatic nitrogens is 1. The summed E-state index contributed by atoms with van der Waals surface area (Å²) in [5, 5.41) is 6.31. The smallest absolute Gasteiger partial charge is 0.414 e. The summed E-state index contributed by atoms with van der Waals surface area (Å²) in [5.41, 5.74) is 4.72. The van der Waals surface area contributed by atoms with Crippen molar-refractivity contribution in [3.8, 4) is 16.9 Å². The average Bonchev–Trinajstić information content (AvgIpc) is 3.26. The van der Waals surface area contributed by atoms with Gasteiger partial charge in [-0.2, -0.15) is 0 Å². The number of anilines is 2. The van der Waals surface area contributed by atoms with Crippen molar-refractivity contribution in [3.63, 3.8) is 0 Å². The average molecular weight is 491 g/mol. The molecule has 2 N–H and O–H groups in total. The minimum Gasteiger partial charge on any atom is -0.495 e. The molecule has 3 aromatic rings. The van der Waals surface area contributed by atoms with E-state index in [1.165, 1.54) is 11.8 Å². The number of hydrogen-bond donors (Lipinski definition) is 2. The number of carbonyl (C=O) groups is 2. The van der Waals surface area contributed by atoms with Gasteiger partial charge in [-0.05, 0) is 54.4 Å². The molecule has 0 spiro atoms. The zero-order valence-corrected chi connectivity index (χ0v) is 20.1. The summed E-state index contributed by atoms with van der Waals surface area (Å²) in [6.45, 7) is 1.91. The van der Waals surface area contributed by atoms with Crippen LogP contribution < -0.4 is 20.3 Å². The van der Waals surface area contributed by atoms with Crippen molar-refractivity contribution in [1.82, 2.24) is 10.3 Å². The van der Waals surface area contributed by atoms with Crippen LogP contribution >= 0.6 is 11.8 Å². The Morgan fingerprint density at radius 3 is 2.97 bits per heavy atom. The van der Waals surface area contributed by atoms with Gasteiger partial charge < -0.3 is 20.1 Å². The number of fused-ring (bicyclic) bond motifs is 1. The maximum Gasteiger partial charge on any atom is 0.414 e. The Balaban J connectivity index is 1.13. The first-order valence-corrected chi connectivity index (χ1v) is 12.4. The van der Waals surface area contributed by atoms with Gasteiger partial charge in [-0.1, -0.05) is 18.2 Å². The number of nitrogens with zero attached hydrogens (tertiary/aromatic N) is 2. The van der Waals surface area contributed by atoms with Crippen molar-refractivity contribution in [2.24, 2.45) is 0 Å². The number of cyclic esters (lactones) is 1. The maximum atomic E-state index is 12.5. The highest BCUT2D eigenvalue weighted by Gasteiger charge is 2.32. The molecule has 5 rings (SSSR count). The molecule has 0 saturated carbocycles. The second-order valence-corrected chi connectivity index (χ2v) is 9.43. The minimum atomic E-state index is -0.357. The highest BCUT2D eigenvalue weighted by molar-refractivity contribution is 8.00. The fourth-order valence-corrected chi connectivity index (χ4v) is 4.96. The van der Waals surface area contributed by atoms with Gasteiger partial charge in [0.15, 0.2) is 0 Å². The van der Waals surface area contributed by atoms with Gasteiger partial charge in [0.2, 0.25) is 5.91 Å². The van der Waals surface area contributed by atoms with Crippen molar-refractivity contribution in [3.05, 3.63) is 66.5 Å². The van der Waals surface area contributed by atoms with E-state index in [4.69, 9.17) is 9.47 Å². The van der Waals surface area contributed by atoms with Crippen molar-refractivity contribution in [1.29, 1.82) is 0 Å². The number of ether oxygens (including phenoxy) is 2. The topological polar surface area (TPSA) is 92.8 Å². The first kappa shape index (κ1) is 23.2. The van der Waals surface area contributed by atoms with E-state index in [9.17, 15) is 9.59 Å². The van der Waals surface area contributed by atoms with E-state index in [0.29, 0.717) is 31.8 Å². The summed E-state index contributed by atoms with van der Waals surface area (Å²) in [5.74, 6) is 1.11. The quantitative estimate of drug-likeness (QED) is 0.455. The monoisotopic (exact) mass is 490 g/mol. The normalized spacial score (nSPS) is 17.1. The molecule has 1 aromatic heterocycles. The predicted molar refractivity (Wildman–Crippen MR) is 136 cm³/mol. The number of amides is 2. The van der Waals surface area contributed by atoms with E-state index in [1.807, 2.05) is 36.5 Å². The first-order valence-electron chi connectivity index (χ1n) is 11.4. The molecule has 2 aromatic carbocycles. The maximum absolute atomic E-state index is 12.5. The van der Waals surface area contributed by atoms with E-state index in [-0.39, 0.29) is 18.1 Å². The molecular weight excluding hydrogens is 464 g/mol. The number of thioether (sulfide) groups is 1. The lowest BCUT2D eigenvalue weighted by atomic mass is 10.0. The number of methoxy groups -OCH3 is 1. The number of rotatable bonds is 8. The lowest BCUT2D eigenvalue weighted by molar-refractivity contribution is -0.113. The molecule has 0 bridgehead atoms. The second kappa shape index (κ2) is 10.4. The third-order valence-electron chi connectivity index (χ3n) is 5.96. The van der Waals surface area contributed by atoms with Crippen LogP contribution in [0.15, 0.2) is 65.8 Å². The van der Waals surface area contributed by atoms with Crippen LogP contribution in [0.4, 0.5) is 16.2 Å². The van der Waals surface area contributed by atoms with E-state index in [1.54, 1.807) is 18.2 Å². The highest BCUT2D eigenvalue weighted by Crippen LogP contribution is 2.35. The van der Waals surface area contributed by atoms with E-state index >= 15 is 0 Å². The Bertz CT molecular complexity index is 1250. The predicted octanol–water partition coefficient (Wildman–Crippen LogP) is 4.31. The number of benzene rings is 2. The Labute approximate surface area is 208 Å². The van der Waals surface area contributed by atoms with E-state index < -0.39 is 0 Å². The van der Waals surface area contributed by atoms with Gasteiger partial charge in [0, 0.05) is 28.9 Å². The van der Waals surface area contributed by atoms with Crippen LogP contribution in [0.1, 0.15) is 12.0 Å². The van der Waals surface area contributed by atoms with Gasteiger partial charge in [-0.25, -0.2) is 4.79 Å². The molecule has 1 atom stereocenters. The lowest BCUT2D eigenvalue weighted by Crippen LogP contribution is -2.26. The molecule has 180 valence electrons. The van der Waals surface area contributed by atoms with Crippen molar-refractivity contribution in [2.45, 2.75) is 24.0 Å². The van der Waals surface area contributed by atoms with Crippen LogP contribution in [-0.4, -0.2) is 49.0 Å². The van der Waals surface area contributed by atoms with Gasteiger partial charge in [0.1, 0.15) is 11.9 Å². The number of carbonyl (C=O) groups excluding carboxylic acids is 2. The van der Waals surface area contributed by atoms with Crippen LogP contribution in [0.5, 0.6) is 5.75 Å². The molecule has 1 saturated heterocycles. The van der Waals surface area contributed by atoms with Crippen LogP contribution in [0, 0.1) is 0 Å². The number of hydrogen-bond acceptors (Lipinski definition) is 7. The molecule has 2 amide bonds. The summed E-state index contributed by atoms with van der Waals surface area (Å²) in [6.07, 6.45) is 3.67. The fourth-order valence-electron chi connectivity index (χ4n) is 4.17.